The molecule has 5 heteroatoms. The van der Waals surface area contributed by atoms with E-state index >= 15 is 0 Å². The predicted octanol–water partition coefficient (Wildman–Crippen LogP) is 4.94. The lowest BCUT2D eigenvalue weighted by Crippen LogP contribution is -2.34. The number of methoxy groups -OCH3 is 1. The smallest absolute Gasteiger partial charge is 0.264 e. The minimum atomic E-state index is -3.67. The lowest BCUT2D eigenvalue weighted by atomic mass is 9.99. The molecule has 1 aliphatic rings. The van der Waals surface area contributed by atoms with Gasteiger partial charge in [0.15, 0.2) is 0 Å². The molecule has 0 bridgehead atoms. The van der Waals surface area contributed by atoms with Crippen molar-refractivity contribution in [3.63, 3.8) is 0 Å². The highest BCUT2D eigenvalue weighted by molar-refractivity contribution is 7.89. The molecular weight excluding hydrogens is 370 g/mol. The molecule has 0 saturated heterocycles. The van der Waals surface area contributed by atoms with Crippen LogP contribution < -0.4 is 4.74 Å². The minimum Gasteiger partial charge on any atom is -0.497 e. The fraction of sp³-hybridized carbons (Fsp3) is 0.217. The summed E-state index contributed by atoms with van der Waals surface area (Å²) in [6.45, 7) is 8.28. The fourth-order valence-electron chi connectivity index (χ4n) is 3.17. The molecule has 3 rings (SSSR count). The van der Waals surface area contributed by atoms with Crippen molar-refractivity contribution in [2.24, 2.45) is 0 Å². The first-order valence-corrected chi connectivity index (χ1v) is 10.6. The normalized spacial score (nSPS) is 16.0. The third-order valence-electron chi connectivity index (χ3n) is 4.71. The number of aryl methyl sites for hydroxylation is 1. The molecule has 0 N–H and O–H groups in total. The van der Waals surface area contributed by atoms with Gasteiger partial charge >= 0.3 is 0 Å². The molecule has 0 aliphatic carbocycles. The van der Waals surface area contributed by atoms with Crippen LogP contribution >= 0.6 is 0 Å². The maximum Gasteiger partial charge on any atom is 0.264 e. The Morgan fingerprint density at radius 1 is 1.11 bits per heavy atom. The number of allylic oxidation sites excluding steroid dienone is 1. The number of benzene rings is 2. The molecule has 0 fully saturated rings. The van der Waals surface area contributed by atoms with Crippen LogP contribution in [0.1, 0.15) is 24.5 Å². The van der Waals surface area contributed by atoms with Gasteiger partial charge in [0.2, 0.25) is 0 Å². The fourth-order valence-corrected chi connectivity index (χ4v) is 4.66. The van der Waals surface area contributed by atoms with Crippen LogP contribution in [0.5, 0.6) is 5.75 Å². The molecule has 0 spiro atoms. The zero-order chi connectivity index (χ0) is 20.3. The topological polar surface area (TPSA) is 46.6 Å². The van der Waals surface area contributed by atoms with Gasteiger partial charge in [-0.2, -0.15) is 0 Å². The van der Waals surface area contributed by atoms with Gasteiger partial charge in [0.1, 0.15) is 5.75 Å². The molecule has 2 aromatic carbocycles. The van der Waals surface area contributed by atoms with E-state index < -0.39 is 10.0 Å². The number of nitrogens with zero attached hydrogens (tertiary/aromatic N) is 1. The van der Waals surface area contributed by atoms with E-state index in [9.17, 15) is 8.42 Å². The van der Waals surface area contributed by atoms with E-state index in [0.29, 0.717) is 23.6 Å². The van der Waals surface area contributed by atoms with Crippen LogP contribution in [0.3, 0.4) is 0 Å². The van der Waals surface area contributed by atoms with E-state index in [0.717, 1.165) is 28.0 Å². The third kappa shape index (κ3) is 4.04. The Balaban J connectivity index is 2.10. The minimum absolute atomic E-state index is 0.293. The molecule has 0 aromatic heterocycles. The molecule has 0 saturated carbocycles. The van der Waals surface area contributed by atoms with Crippen molar-refractivity contribution in [2.75, 3.05) is 13.7 Å². The van der Waals surface area contributed by atoms with E-state index in [2.05, 4.69) is 12.7 Å². The third-order valence-corrected chi connectivity index (χ3v) is 6.54. The van der Waals surface area contributed by atoms with Crippen molar-refractivity contribution < 1.29 is 13.2 Å². The Kier molecular flexibility index (Phi) is 5.75. The second-order valence-corrected chi connectivity index (χ2v) is 8.74. The summed E-state index contributed by atoms with van der Waals surface area (Å²) in [5.41, 5.74) is 4.26. The van der Waals surface area contributed by atoms with Gasteiger partial charge in [-0.15, -0.1) is 0 Å². The standard InChI is InChI=1S/C23H25NO3S/c1-17(2)22-6-5-15-24(28(25,26)21-13-7-18(3)8-14-21)23(22)16-19-9-11-20(27-4)12-10-19/h6-14,16H,1,5,15H2,2-4H3/b23-16-. The predicted molar refractivity (Wildman–Crippen MR) is 114 cm³/mol. The van der Waals surface area contributed by atoms with Crippen molar-refractivity contribution in [2.45, 2.75) is 25.2 Å². The van der Waals surface area contributed by atoms with Gasteiger partial charge in [0, 0.05) is 6.54 Å². The molecule has 0 amide bonds. The number of hydrogen-bond acceptors (Lipinski definition) is 3. The van der Waals surface area contributed by atoms with Gasteiger partial charge in [-0.3, -0.25) is 4.31 Å². The van der Waals surface area contributed by atoms with Gasteiger partial charge in [-0.25, -0.2) is 8.42 Å². The van der Waals surface area contributed by atoms with Crippen molar-refractivity contribution in [1.82, 2.24) is 4.31 Å². The van der Waals surface area contributed by atoms with Crippen LogP contribution in [-0.4, -0.2) is 26.4 Å². The zero-order valence-electron chi connectivity index (χ0n) is 16.5. The first kappa shape index (κ1) is 20.0. The molecule has 0 unspecified atom stereocenters. The summed E-state index contributed by atoms with van der Waals surface area (Å²) >= 11 is 0. The summed E-state index contributed by atoms with van der Waals surface area (Å²) in [5, 5.41) is 0. The van der Waals surface area contributed by atoms with Gasteiger partial charge < -0.3 is 4.74 Å². The maximum absolute atomic E-state index is 13.4. The Morgan fingerprint density at radius 3 is 2.32 bits per heavy atom. The van der Waals surface area contributed by atoms with E-state index in [-0.39, 0.29) is 0 Å². The molecule has 0 radical (unpaired) electrons. The average Bonchev–Trinajstić information content (AvgIpc) is 2.68. The highest BCUT2D eigenvalue weighted by Crippen LogP contribution is 2.33. The lowest BCUT2D eigenvalue weighted by Gasteiger charge is -2.32. The summed E-state index contributed by atoms with van der Waals surface area (Å²) in [7, 11) is -2.05. The summed E-state index contributed by atoms with van der Waals surface area (Å²) < 4.78 is 33.5. The second-order valence-electron chi connectivity index (χ2n) is 6.88. The Morgan fingerprint density at radius 2 is 1.75 bits per heavy atom. The molecule has 1 aliphatic heterocycles. The quantitative estimate of drug-likeness (QED) is 0.720. The van der Waals surface area contributed by atoms with Crippen LogP contribution in [-0.2, 0) is 10.0 Å². The van der Waals surface area contributed by atoms with E-state index in [4.69, 9.17) is 4.74 Å². The number of sulfonamides is 1. The highest BCUT2D eigenvalue weighted by Gasteiger charge is 2.30. The van der Waals surface area contributed by atoms with Crippen LogP contribution in [0, 0.1) is 6.92 Å². The van der Waals surface area contributed by atoms with Gasteiger partial charge in [-0.1, -0.05) is 42.5 Å². The van der Waals surface area contributed by atoms with Gasteiger partial charge in [0.05, 0.1) is 17.7 Å². The monoisotopic (exact) mass is 395 g/mol. The summed E-state index contributed by atoms with van der Waals surface area (Å²) in [4.78, 5) is 0.293. The highest BCUT2D eigenvalue weighted by atomic mass is 32.2. The van der Waals surface area contributed by atoms with Crippen molar-refractivity contribution >= 4 is 16.1 Å². The van der Waals surface area contributed by atoms with E-state index in [1.807, 2.05) is 56.3 Å². The first-order valence-electron chi connectivity index (χ1n) is 9.14. The number of rotatable bonds is 5. The van der Waals surface area contributed by atoms with E-state index in [1.54, 1.807) is 19.2 Å². The molecule has 2 aromatic rings. The number of ether oxygens (including phenoxy) is 1. The molecule has 146 valence electrons. The first-order chi connectivity index (χ1) is 13.3. The van der Waals surface area contributed by atoms with Gasteiger partial charge in [0.25, 0.3) is 10.0 Å². The lowest BCUT2D eigenvalue weighted by molar-refractivity contribution is 0.415. The Bertz CT molecular complexity index is 1030. The molecule has 4 nitrogen and oxygen atoms in total. The zero-order valence-corrected chi connectivity index (χ0v) is 17.3. The Hall–Kier alpha value is -2.79. The van der Waals surface area contributed by atoms with Gasteiger partial charge in [-0.05, 0) is 67.3 Å². The van der Waals surface area contributed by atoms with Crippen molar-refractivity contribution in [3.8, 4) is 5.75 Å². The summed E-state index contributed by atoms with van der Waals surface area (Å²) in [6.07, 6.45) is 4.59. The van der Waals surface area contributed by atoms with Crippen LogP contribution in [0.15, 0.2) is 82.9 Å². The molecule has 1 heterocycles. The van der Waals surface area contributed by atoms with Crippen molar-refractivity contribution in [1.29, 1.82) is 0 Å². The van der Waals surface area contributed by atoms with Crippen LogP contribution in [0.25, 0.3) is 6.08 Å². The SMILES string of the molecule is C=C(C)C1=CCCN(S(=O)(=O)c2ccc(C)cc2)/C1=C\c1ccc(OC)cc1. The number of hydrogen-bond donors (Lipinski definition) is 0. The maximum atomic E-state index is 13.4. The van der Waals surface area contributed by atoms with Crippen LogP contribution in [0.4, 0.5) is 0 Å². The molecular formula is C23H25NO3S. The van der Waals surface area contributed by atoms with Crippen LogP contribution in [0.2, 0.25) is 0 Å². The molecule has 28 heavy (non-hydrogen) atoms. The molecule has 0 atom stereocenters. The largest absolute Gasteiger partial charge is 0.497 e. The van der Waals surface area contributed by atoms with E-state index in [1.165, 1.54) is 4.31 Å². The average molecular weight is 396 g/mol. The summed E-state index contributed by atoms with van der Waals surface area (Å²) in [6, 6.07) is 14.5. The second kappa shape index (κ2) is 8.07. The summed E-state index contributed by atoms with van der Waals surface area (Å²) in [5.74, 6) is 0.755. The van der Waals surface area contributed by atoms with Crippen molar-refractivity contribution in [3.05, 3.63) is 89.2 Å². The Labute approximate surface area is 167 Å².